The number of rotatable bonds is 4. The van der Waals surface area contributed by atoms with Crippen LogP contribution in [0.4, 0.5) is 0 Å². The number of hydrogen-bond donors (Lipinski definition) is 1. The summed E-state index contributed by atoms with van der Waals surface area (Å²) in [6.07, 6.45) is 1.16. The van der Waals surface area contributed by atoms with Crippen LogP contribution in [0.2, 0.25) is 5.02 Å². The topological polar surface area (TPSA) is 26.0 Å². The van der Waals surface area contributed by atoms with E-state index in [1.54, 1.807) is 0 Å². The van der Waals surface area contributed by atoms with Crippen molar-refractivity contribution in [2.75, 3.05) is 0 Å². The van der Waals surface area contributed by atoms with Crippen LogP contribution in [0.1, 0.15) is 37.3 Å². The summed E-state index contributed by atoms with van der Waals surface area (Å²) in [5.74, 6) is 0.601. The zero-order valence-corrected chi connectivity index (χ0v) is 12.2. The Balaban J connectivity index is 2.32. The van der Waals surface area contributed by atoms with Crippen molar-refractivity contribution in [2.45, 2.75) is 32.7 Å². The molecule has 2 heteroatoms. The Kier molecular flexibility index (Phi) is 4.62. The summed E-state index contributed by atoms with van der Waals surface area (Å²) in [7, 11) is 0. The smallest absolute Gasteiger partial charge is 0.0487 e. The lowest BCUT2D eigenvalue weighted by atomic mass is 9.95. The van der Waals surface area contributed by atoms with Gasteiger partial charge in [-0.2, -0.15) is 0 Å². The summed E-state index contributed by atoms with van der Waals surface area (Å²) >= 11 is 6.32. The van der Waals surface area contributed by atoms with Gasteiger partial charge in [0.25, 0.3) is 0 Å². The molecule has 0 bridgehead atoms. The Bertz CT molecular complexity index is 546. The Labute approximate surface area is 120 Å². The van der Waals surface area contributed by atoms with Crippen molar-refractivity contribution >= 4 is 11.6 Å². The molecule has 100 valence electrons. The molecule has 0 spiro atoms. The summed E-state index contributed by atoms with van der Waals surface area (Å²) in [6.45, 7) is 4.98. The van der Waals surface area contributed by atoms with E-state index in [1.165, 1.54) is 5.56 Å². The molecule has 1 atom stereocenters. The van der Waals surface area contributed by atoms with Gasteiger partial charge in [-0.15, -0.1) is 0 Å². The third-order valence-corrected chi connectivity index (χ3v) is 3.99. The largest absolute Gasteiger partial charge is 0.326 e. The fourth-order valence-corrected chi connectivity index (χ4v) is 2.46. The van der Waals surface area contributed by atoms with Gasteiger partial charge < -0.3 is 5.73 Å². The first-order valence-electron chi connectivity index (χ1n) is 6.74. The first-order chi connectivity index (χ1) is 9.15. The van der Waals surface area contributed by atoms with Gasteiger partial charge in [0.2, 0.25) is 0 Å². The first-order valence-corrected chi connectivity index (χ1v) is 7.12. The molecule has 0 saturated carbocycles. The van der Waals surface area contributed by atoms with Crippen LogP contribution >= 0.6 is 11.6 Å². The van der Waals surface area contributed by atoms with Crippen molar-refractivity contribution in [3.63, 3.8) is 0 Å². The number of benzene rings is 2. The number of halogens is 1. The van der Waals surface area contributed by atoms with E-state index in [-0.39, 0.29) is 0 Å². The fraction of sp³-hybridized carbons (Fsp3) is 0.294. The molecule has 0 heterocycles. The Morgan fingerprint density at radius 2 is 1.79 bits per heavy atom. The van der Waals surface area contributed by atoms with E-state index < -0.39 is 0 Å². The van der Waals surface area contributed by atoms with Gasteiger partial charge in [-0.05, 0) is 35.1 Å². The maximum Gasteiger partial charge on any atom is 0.0487 e. The lowest BCUT2D eigenvalue weighted by Gasteiger charge is -2.11. The third kappa shape index (κ3) is 3.17. The second-order valence-electron chi connectivity index (χ2n) is 4.95. The van der Waals surface area contributed by atoms with Crippen molar-refractivity contribution in [3.05, 3.63) is 58.6 Å². The van der Waals surface area contributed by atoms with Gasteiger partial charge in [0.05, 0.1) is 0 Å². The van der Waals surface area contributed by atoms with Crippen molar-refractivity contribution in [1.29, 1.82) is 0 Å². The maximum absolute atomic E-state index is 6.32. The first kappa shape index (κ1) is 14.1. The summed E-state index contributed by atoms with van der Waals surface area (Å²) < 4.78 is 0. The molecule has 1 unspecified atom stereocenters. The van der Waals surface area contributed by atoms with Crippen LogP contribution in [-0.2, 0) is 6.54 Å². The molecule has 1 nitrogen and oxygen atoms in total. The molecule has 19 heavy (non-hydrogen) atoms. The zero-order valence-electron chi connectivity index (χ0n) is 11.5. The van der Waals surface area contributed by atoms with Gasteiger partial charge in [-0.3, -0.25) is 0 Å². The van der Waals surface area contributed by atoms with Gasteiger partial charge in [0.1, 0.15) is 0 Å². The Hall–Kier alpha value is -1.31. The van der Waals surface area contributed by atoms with Gasteiger partial charge in [-0.1, -0.05) is 61.8 Å². The lowest BCUT2D eigenvalue weighted by Crippen LogP contribution is -1.96. The van der Waals surface area contributed by atoms with Gasteiger partial charge >= 0.3 is 0 Å². The molecule has 0 radical (unpaired) electrons. The zero-order chi connectivity index (χ0) is 13.8. The number of hydrogen-bond acceptors (Lipinski definition) is 1. The quantitative estimate of drug-likeness (QED) is 0.835. The highest BCUT2D eigenvalue weighted by atomic mass is 35.5. The molecule has 0 amide bonds. The van der Waals surface area contributed by atoms with E-state index in [0.29, 0.717) is 12.5 Å². The van der Waals surface area contributed by atoms with Gasteiger partial charge in [-0.25, -0.2) is 0 Å². The van der Waals surface area contributed by atoms with Crippen LogP contribution in [0.3, 0.4) is 0 Å². The van der Waals surface area contributed by atoms with E-state index in [1.807, 2.05) is 18.2 Å². The predicted molar refractivity (Wildman–Crippen MR) is 83.5 cm³/mol. The van der Waals surface area contributed by atoms with Crippen LogP contribution in [-0.4, -0.2) is 0 Å². The molecule has 0 aliphatic rings. The molecule has 2 N–H and O–H groups in total. The predicted octanol–water partition coefficient (Wildman–Crippen LogP) is 4.98. The molecular weight excluding hydrogens is 254 g/mol. The monoisotopic (exact) mass is 273 g/mol. The van der Waals surface area contributed by atoms with E-state index >= 15 is 0 Å². The normalized spacial score (nSPS) is 12.4. The van der Waals surface area contributed by atoms with Crippen molar-refractivity contribution in [1.82, 2.24) is 0 Å². The van der Waals surface area contributed by atoms with Gasteiger partial charge in [0.15, 0.2) is 0 Å². The van der Waals surface area contributed by atoms with E-state index in [0.717, 1.165) is 28.1 Å². The average Bonchev–Trinajstić information content (AvgIpc) is 2.46. The van der Waals surface area contributed by atoms with Crippen molar-refractivity contribution in [3.8, 4) is 11.1 Å². The Morgan fingerprint density at radius 3 is 2.32 bits per heavy atom. The van der Waals surface area contributed by atoms with E-state index in [4.69, 9.17) is 17.3 Å². The third-order valence-electron chi connectivity index (χ3n) is 3.67. The van der Waals surface area contributed by atoms with Crippen LogP contribution in [0, 0.1) is 0 Å². The fourth-order valence-electron chi connectivity index (χ4n) is 2.15. The summed E-state index contributed by atoms with van der Waals surface area (Å²) in [5.41, 5.74) is 10.3. The minimum atomic E-state index is 0.521. The van der Waals surface area contributed by atoms with Crippen LogP contribution in [0.15, 0.2) is 42.5 Å². The average molecular weight is 274 g/mol. The van der Waals surface area contributed by atoms with Crippen LogP contribution in [0.25, 0.3) is 11.1 Å². The summed E-state index contributed by atoms with van der Waals surface area (Å²) in [6, 6.07) is 14.7. The molecule has 2 aromatic carbocycles. The second kappa shape index (κ2) is 6.23. The molecule has 0 aliphatic carbocycles. The second-order valence-corrected chi connectivity index (χ2v) is 5.36. The van der Waals surface area contributed by atoms with Crippen LogP contribution < -0.4 is 5.73 Å². The highest BCUT2D eigenvalue weighted by molar-refractivity contribution is 6.33. The maximum atomic E-state index is 6.32. The summed E-state index contributed by atoms with van der Waals surface area (Å²) in [5, 5.41) is 0.763. The minimum Gasteiger partial charge on any atom is -0.326 e. The SMILES string of the molecule is CCC(C)c1ccc(-c2ccc(CN)cc2Cl)cc1. The van der Waals surface area contributed by atoms with Crippen LogP contribution in [0.5, 0.6) is 0 Å². The molecule has 2 aromatic rings. The van der Waals surface area contributed by atoms with E-state index in [2.05, 4.69) is 38.1 Å². The molecule has 0 aromatic heterocycles. The molecule has 2 rings (SSSR count). The minimum absolute atomic E-state index is 0.521. The summed E-state index contributed by atoms with van der Waals surface area (Å²) in [4.78, 5) is 0. The van der Waals surface area contributed by atoms with E-state index in [9.17, 15) is 0 Å². The molecular formula is C17H20ClN. The standard InChI is InChI=1S/C17H20ClN/c1-3-12(2)14-5-7-15(8-6-14)16-9-4-13(11-19)10-17(16)18/h4-10,12H,3,11,19H2,1-2H3. The highest BCUT2D eigenvalue weighted by Crippen LogP contribution is 2.30. The highest BCUT2D eigenvalue weighted by Gasteiger charge is 2.06. The van der Waals surface area contributed by atoms with Crippen molar-refractivity contribution in [2.24, 2.45) is 5.73 Å². The Morgan fingerprint density at radius 1 is 1.11 bits per heavy atom. The molecule has 0 fully saturated rings. The lowest BCUT2D eigenvalue weighted by molar-refractivity contribution is 0.734. The molecule has 0 saturated heterocycles. The number of nitrogens with two attached hydrogens (primary N) is 1. The van der Waals surface area contributed by atoms with Crippen molar-refractivity contribution < 1.29 is 0 Å². The van der Waals surface area contributed by atoms with Gasteiger partial charge in [0, 0.05) is 17.1 Å². The molecule has 0 aliphatic heterocycles.